The van der Waals surface area contributed by atoms with Crippen molar-refractivity contribution in [1.29, 1.82) is 0 Å². The first-order valence-corrected chi connectivity index (χ1v) is 10.2. The van der Waals surface area contributed by atoms with Crippen molar-refractivity contribution in [3.63, 3.8) is 0 Å². The van der Waals surface area contributed by atoms with Crippen molar-refractivity contribution < 1.29 is 26.6 Å². The van der Waals surface area contributed by atoms with Gasteiger partial charge in [0.2, 0.25) is 5.88 Å². The standard InChI is InChI=1S/C21H30FN3O4/c1-3-17(22)21(4-2,20(27)28)24-18(26)15-9-10-16(25-11-5-6-12-25)19(23-15)29-13-14-7-8-14/h9-10,14,17H,3-8,11-13H2,1-2H3,(H,24,26)(H,27,28)/i3D2. The Balaban J connectivity index is 1.88. The van der Waals surface area contributed by atoms with Gasteiger partial charge in [0.05, 0.1) is 12.3 Å². The number of aromatic nitrogens is 1. The normalized spacial score (nSPS) is 21.0. The number of ether oxygens (including phenoxy) is 1. The Kier molecular flexibility index (Phi) is 5.76. The first-order chi connectivity index (χ1) is 14.6. The minimum Gasteiger partial charge on any atom is -0.479 e. The number of aliphatic carboxylic acids is 1. The molecule has 2 atom stereocenters. The van der Waals surface area contributed by atoms with Crippen molar-refractivity contribution in [2.45, 2.75) is 64.0 Å². The van der Waals surface area contributed by atoms with Crippen LogP contribution in [-0.4, -0.2) is 53.4 Å². The molecule has 2 unspecified atom stereocenters. The molecule has 2 fully saturated rings. The Hall–Kier alpha value is -2.38. The number of carboxylic acid groups (broad SMARTS) is 1. The third-order valence-electron chi connectivity index (χ3n) is 5.63. The van der Waals surface area contributed by atoms with Crippen LogP contribution in [0.15, 0.2) is 12.1 Å². The van der Waals surface area contributed by atoms with Crippen LogP contribution in [0.3, 0.4) is 0 Å². The fourth-order valence-corrected chi connectivity index (χ4v) is 3.50. The van der Waals surface area contributed by atoms with Crippen molar-refractivity contribution in [1.82, 2.24) is 10.3 Å². The lowest BCUT2D eigenvalue weighted by Crippen LogP contribution is -2.60. The van der Waals surface area contributed by atoms with E-state index in [1.54, 1.807) is 6.07 Å². The zero-order chi connectivity index (χ0) is 22.8. The number of alkyl halides is 1. The van der Waals surface area contributed by atoms with Crippen LogP contribution in [0.25, 0.3) is 0 Å². The Bertz CT molecular complexity index is 825. The highest BCUT2D eigenvalue weighted by molar-refractivity contribution is 5.97. The van der Waals surface area contributed by atoms with Crippen LogP contribution in [0.2, 0.25) is 0 Å². The van der Waals surface area contributed by atoms with Gasteiger partial charge in [-0.3, -0.25) is 4.79 Å². The van der Waals surface area contributed by atoms with Crippen LogP contribution < -0.4 is 15.0 Å². The fourth-order valence-electron chi connectivity index (χ4n) is 3.50. The van der Waals surface area contributed by atoms with Crippen LogP contribution >= 0.6 is 0 Å². The predicted octanol–water partition coefficient (Wildman–Crippen LogP) is 3.18. The van der Waals surface area contributed by atoms with Crippen LogP contribution in [0.1, 0.15) is 65.6 Å². The van der Waals surface area contributed by atoms with Gasteiger partial charge in [0.25, 0.3) is 5.91 Å². The Morgan fingerprint density at radius 1 is 1.41 bits per heavy atom. The van der Waals surface area contributed by atoms with E-state index in [0.29, 0.717) is 18.4 Å². The second kappa shape index (κ2) is 8.97. The van der Waals surface area contributed by atoms with Crippen molar-refractivity contribution in [2.75, 3.05) is 24.6 Å². The maximum Gasteiger partial charge on any atom is 0.332 e. The lowest BCUT2D eigenvalue weighted by atomic mass is 9.88. The summed E-state index contributed by atoms with van der Waals surface area (Å²) in [5, 5.41) is 11.9. The van der Waals surface area contributed by atoms with E-state index in [-0.39, 0.29) is 12.1 Å². The molecule has 0 radical (unpaired) electrons. The number of rotatable bonds is 10. The van der Waals surface area contributed by atoms with Gasteiger partial charge < -0.3 is 20.1 Å². The number of carbonyl (C=O) groups is 2. The molecule has 1 saturated carbocycles. The van der Waals surface area contributed by atoms with Gasteiger partial charge in [-0.05, 0) is 56.5 Å². The van der Waals surface area contributed by atoms with Crippen molar-refractivity contribution >= 4 is 17.6 Å². The predicted molar refractivity (Wildman–Crippen MR) is 107 cm³/mol. The molecule has 1 saturated heterocycles. The lowest BCUT2D eigenvalue weighted by Gasteiger charge is -2.32. The minimum absolute atomic E-state index is 0.100. The number of hydrogen-bond acceptors (Lipinski definition) is 5. The first kappa shape index (κ1) is 18.6. The van der Waals surface area contributed by atoms with E-state index >= 15 is 0 Å². The summed E-state index contributed by atoms with van der Waals surface area (Å²) in [5.41, 5.74) is -1.74. The van der Waals surface area contributed by atoms with E-state index in [2.05, 4.69) is 15.2 Å². The van der Waals surface area contributed by atoms with Crippen LogP contribution in [-0.2, 0) is 4.79 Å². The highest BCUT2D eigenvalue weighted by atomic mass is 19.1. The van der Waals surface area contributed by atoms with Gasteiger partial charge in [0.15, 0.2) is 5.54 Å². The summed E-state index contributed by atoms with van der Waals surface area (Å²) in [5.74, 6) is -1.74. The monoisotopic (exact) mass is 409 g/mol. The third-order valence-corrected chi connectivity index (χ3v) is 5.63. The minimum atomic E-state index is -2.47. The fraction of sp³-hybridized carbons (Fsp3) is 0.667. The zero-order valence-corrected chi connectivity index (χ0v) is 16.9. The zero-order valence-electron chi connectivity index (χ0n) is 18.9. The molecule has 1 amide bonds. The molecule has 7 nitrogen and oxygen atoms in total. The molecule has 0 aromatic carbocycles. The maximum atomic E-state index is 14.9. The Morgan fingerprint density at radius 3 is 2.66 bits per heavy atom. The first-order valence-electron chi connectivity index (χ1n) is 11.2. The maximum absolute atomic E-state index is 14.9. The van der Waals surface area contributed by atoms with Crippen LogP contribution in [0, 0.1) is 5.92 Å². The van der Waals surface area contributed by atoms with E-state index < -0.39 is 30.0 Å². The molecule has 0 bridgehead atoms. The van der Waals surface area contributed by atoms with Gasteiger partial charge in [-0.15, -0.1) is 0 Å². The SMILES string of the molecule is [2H]C([2H])(C)C(F)C(CC)(NC(=O)c1ccc(N2CCCC2)c(OCC2CC2)n1)C(=O)O. The summed E-state index contributed by atoms with van der Waals surface area (Å²) in [7, 11) is 0. The van der Waals surface area contributed by atoms with E-state index in [4.69, 9.17) is 7.48 Å². The van der Waals surface area contributed by atoms with Crippen molar-refractivity contribution in [2.24, 2.45) is 5.92 Å². The highest BCUT2D eigenvalue weighted by Crippen LogP contribution is 2.34. The highest BCUT2D eigenvalue weighted by Gasteiger charge is 2.46. The number of amides is 1. The Labute approximate surface area is 173 Å². The molecule has 29 heavy (non-hydrogen) atoms. The van der Waals surface area contributed by atoms with E-state index in [0.717, 1.165) is 51.4 Å². The van der Waals surface area contributed by atoms with Gasteiger partial charge in [0.1, 0.15) is 11.9 Å². The topological polar surface area (TPSA) is 91.8 Å². The van der Waals surface area contributed by atoms with Crippen molar-refractivity contribution in [3.8, 4) is 5.88 Å². The van der Waals surface area contributed by atoms with Gasteiger partial charge in [-0.1, -0.05) is 13.8 Å². The molecule has 1 aromatic heterocycles. The van der Waals surface area contributed by atoms with Gasteiger partial charge in [0, 0.05) is 15.8 Å². The van der Waals surface area contributed by atoms with Crippen molar-refractivity contribution in [3.05, 3.63) is 17.8 Å². The second-order valence-electron chi connectivity index (χ2n) is 7.70. The van der Waals surface area contributed by atoms with Gasteiger partial charge >= 0.3 is 5.97 Å². The van der Waals surface area contributed by atoms with Crippen LogP contribution in [0.5, 0.6) is 5.88 Å². The average Bonchev–Trinajstić information content (AvgIpc) is 3.40. The van der Waals surface area contributed by atoms with Gasteiger partial charge in [-0.25, -0.2) is 14.2 Å². The number of pyridine rings is 1. The molecule has 1 aliphatic carbocycles. The summed E-state index contributed by atoms with van der Waals surface area (Å²) in [6, 6.07) is 3.18. The number of carboxylic acids is 1. The molecule has 1 aromatic rings. The molecule has 3 rings (SSSR count). The molecule has 2 aliphatic rings. The molecule has 2 heterocycles. The molecule has 160 valence electrons. The summed E-state index contributed by atoms with van der Waals surface area (Å²) in [4.78, 5) is 31.3. The number of nitrogens with zero attached hydrogens (tertiary/aromatic N) is 2. The quantitative estimate of drug-likeness (QED) is 0.617. The molecular formula is C21H30FN3O4. The smallest absolute Gasteiger partial charge is 0.332 e. The number of hydrogen-bond donors (Lipinski definition) is 2. The molecule has 0 spiro atoms. The summed E-state index contributed by atoms with van der Waals surface area (Å²) in [6.45, 7) is 4.56. The molecule has 2 N–H and O–H groups in total. The van der Waals surface area contributed by atoms with E-state index in [1.165, 1.54) is 13.0 Å². The van der Waals surface area contributed by atoms with Gasteiger partial charge in [-0.2, -0.15) is 0 Å². The molecule has 1 aliphatic heterocycles. The summed E-state index contributed by atoms with van der Waals surface area (Å²) >= 11 is 0. The van der Waals surface area contributed by atoms with Crippen LogP contribution in [0.4, 0.5) is 10.1 Å². The Morgan fingerprint density at radius 2 is 2.10 bits per heavy atom. The van der Waals surface area contributed by atoms with E-state index in [9.17, 15) is 19.1 Å². The number of anilines is 1. The second-order valence-corrected chi connectivity index (χ2v) is 7.70. The summed E-state index contributed by atoms with van der Waals surface area (Å²) < 4.78 is 36.1. The number of carbonyl (C=O) groups excluding carboxylic acids is 1. The lowest BCUT2D eigenvalue weighted by molar-refractivity contribution is -0.147. The average molecular weight is 409 g/mol. The number of halogens is 1. The van der Waals surface area contributed by atoms with E-state index in [1.807, 2.05) is 0 Å². The largest absolute Gasteiger partial charge is 0.479 e. The third kappa shape index (κ3) is 4.62. The summed E-state index contributed by atoms with van der Waals surface area (Å²) in [6.07, 6.45) is -0.965. The number of nitrogens with one attached hydrogen (secondary N) is 1. The molecule has 8 heteroatoms. The molecular weight excluding hydrogens is 377 g/mol.